The van der Waals surface area contributed by atoms with Crippen LogP contribution in [-0.4, -0.2) is 26.8 Å². The number of anilines is 1. The first-order valence-corrected chi connectivity index (χ1v) is 8.82. The number of pyridine rings is 1. The van der Waals surface area contributed by atoms with Crippen molar-refractivity contribution in [2.45, 2.75) is 12.1 Å². The van der Waals surface area contributed by atoms with Crippen molar-refractivity contribution < 1.29 is 9.21 Å². The third kappa shape index (κ3) is 4.21. The second kappa shape index (κ2) is 7.59. The van der Waals surface area contributed by atoms with Gasteiger partial charge in [0.25, 0.3) is 5.22 Å². The summed E-state index contributed by atoms with van der Waals surface area (Å²) < 4.78 is 6.51. The zero-order valence-corrected chi connectivity index (χ0v) is 15.1. The summed E-state index contributed by atoms with van der Waals surface area (Å²) in [7, 11) is 0. The Bertz CT molecular complexity index is 854. The maximum atomic E-state index is 12.1. The van der Waals surface area contributed by atoms with E-state index in [1.54, 1.807) is 24.5 Å². The van der Waals surface area contributed by atoms with Gasteiger partial charge in [0.1, 0.15) is 0 Å². The number of aryl methyl sites for hydroxylation is 1. The molecule has 2 aromatic heterocycles. The van der Waals surface area contributed by atoms with Gasteiger partial charge in [0.05, 0.1) is 5.75 Å². The van der Waals surface area contributed by atoms with E-state index in [2.05, 4.69) is 36.4 Å². The molecule has 0 aliphatic carbocycles. The molecule has 0 aliphatic rings. The summed E-state index contributed by atoms with van der Waals surface area (Å²) in [6.45, 7) is 1.94. The maximum Gasteiger partial charge on any atom is 0.277 e. The average Bonchev–Trinajstić information content (AvgIpc) is 3.05. The van der Waals surface area contributed by atoms with E-state index >= 15 is 0 Å². The van der Waals surface area contributed by atoms with Crippen molar-refractivity contribution in [1.29, 1.82) is 0 Å². The van der Waals surface area contributed by atoms with Crippen LogP contribution in [0.5, 0.6) is 0 Å². The second-order valence-electron chi connectivity index (χ2n) is 4.91. The number of halogens is 1. The van der Waals surface area contributed by atoms with Crippen molar-refractivity contribution in [3.8, 4) is 11.5 Å². The summed E-state index contributed by atoms with van der Waals surface area (Å²) in [5, 5.41) is 11.1. The highest BCUT2D eigenvalue weighted by atomic mass is 79.9. The van der Waals surface area contributed by atoms with Crippen molar-refractivity contribution in [1.82, 2.24) is 15.2 Å². The van der Waals surface area contributed by atoms with E-state index in [1.807, 2.05) is 25.1 Å². The van der Waals surface area contributed by atoms with Gasteiger partial charge in [0, 0.05) is 28.1 Å². The van der Waals surface area contributed by atoms with Crippen LogP contribution in [0.4, 0.5) is 5.69 Å². The number of carbonyl (C=O) groups is 1. The smallest absolute Gasteiger partial charge is 0.277 e. The highest BCUT2D eigenvalue weighted by Gasteiger charge is 2.12. The van der Waals surface area contributed by atoms with E-state index in [4.69, 9.17) is 4.42 Å². The van der Waals surface area contributed by atoms with Gasteiger partial charge in [-0.3, -0.25) is 9.78 Å². The van der Waals surface area contributed by atoms with Crippen molar-refractivity contribution in [2.24, 2.45) is 0 Å². The molecule has 0 atom stereocenters. The highest BCUT2D eigenvalue weighted by molar-refractivity contribution is 9.10. The molecule has 8 heteroatoms. The van der Waals surface area contributed by atoms with E-state index in [-0.39, 0.29) is 11.7 Å². The van der Waals surface area contributed by atoms with Crippen LogP contribution in [0.3, 0.4) is 0 Å². The molecule has 0 saturated carbocycles. The van der Waals surface area contributed by atoms with Crippen LogP contribution in [0.15, 0.2) is 56.8 Å². The van der Waals surface area contributed by atoms with Gasteiger partial charge in [-0.25, -0.2) is 0 Å². The first-order chi connectivity index (χ1) is 11.6. The molecule has 6 nitrogen and oxygen atoms in total. The fraction of sp³-hybridized carbons (Fsp3) is 0.125. The lowest BCUT2D eigenvalue weighted by Crippen LogP contribution is -2.14. The summed E-state index contributed by atoms with van der Waals surface area (Å²) in [5.74, 6) is 0.464. The number of benzene rings is 1. The minimum Gasteiger partial charge on any atom is -0.411 e. The molecule has 3 rings (SSSR count). The van der Waals surface area contributed by atoms with Gasteiger partial charge < -0.3 is 9.73 Å². The largest absolute Gasteiger partial charge is 0.411 e. The minimum absolute atomic E-state index is 0.130. The number of thioether (sulfide) groups is 1. The van der Waals surface area contributed by atoms with E-state index in [1.165, 1.54) is 11.8 Å². The molecule has 0 bridgehead atoms. The Labute approximate surface area is 151 Å². The third-order valence-electron chi connectivity index (χ3n) is 3.12. The van der Waals surface area contributed by atoms with Crippen molar-refractivity contribution in [2.75, 3.05) is 11.1 Å². The normalized spacial score (nSPS) is 10.6. The molecule has 0 fully saturated rings. The molecule has 1 aromatic carbocycles. The molecule has 0 unspecified atom stereocenters. The number of carbonyl (C=O) groups excluding carboxylic acids is 1. The van der Waals surface area contributed by atoms with E-state index in [9.17, 15) is 4.79 Å². The first kappa shape index (κ1) is 16.7. The molecule has 24 heavy (non-hydrogen) atoms. The summed E-state index contributed by atoms with van der Waals surface area (Å²) in [4.78, 5) is 16.0. The molecular weight excluding hydrogens is 392 g/mol. The van der Waals surface area contributed by atoms with Gasteiger partial charge >= 0.3 is 0 Å². The summed E-state index contributed by atoms with van der Waals surface area (Å²) >= 11 is 4.59. The number of nitrogens with zero attached hydrogens (tertiary/aromatic N) is 3. The third-order valence-corrected chi connectivity index (χ3v) is 4.43. The Hall–Kier alpha value is -2.19. The van der Waals surface area contributed by atoms with Crippen LogP contribution in [0.2, 0.25) is 0 Å². The van der Waals surface area contributed by atoms with Crippen molar-refractivity contribution >= 4 is 39.3 Å². The SMILES string of the molecule is Cc1cc(Br)ccc1NC(=O)CSc1nnc(-c2ccncc2)o1. The maximum absolute atomic E-state index is 12.1. The van der Waals surface area contributed by atoms with Gasteiger partial charge in [-0.15, -0.1) is 10.2 Å². The topological polar surface area (TPSA) is 80.9 Å². The molecule has 1 N–H and O–H groups in total. The Morgan fingerprint density at radius 2 is 2.04 bits per heavy atom. The standard InChI is InChI=1S/C16H13BrN4O2S/c1-10-8-12(17)2-3-13(10)19-14(22)9-24-16-21-20-15(23-16)11-4-6-18-7-5-11/h2-8H,9H2,1H3,(H,19,22). The summed E-state index contributed by atoms with van der Waals surface area (Å²) in [5.41, 5.74) is 2.56. The van der Waals surface area contributed by atoms with E-state index in [0.29, 0.717) is 11.1 Å². The molecule has 122 valence electrons. The lowest BCUT2D eigenvalue weighted by atomic mass is 10.2. The molecule has 1 amide bonds. The Morgan fingerprint density at radius 3 is 2.79 bits per heavy atom. The summed E-state index contributed by atoms with van der Waals surface area (Å²) in [6.07, 6.45) is 3.31. The molecule has 0 saturated heterocycles. The average molecular weight is 405 g/mol. The van der Waals surface area contributed by atoms with Crippen molar-refractivity contribution in [3.05, 3.63) is 52.8 Å². The quantitative estimate of drug-likeness (QED) is 0.648. The van der Waals surface area contributed by atoms with Crippen LogP contribution in [0.1, 0.15) is 5.56 Å². The molecular formula is C16H13BrN4O2S. The second-order valence-corrected chi connectivity index (χ2v) is 6.75. The predicted molar refractivity (Wildman–Crippen MR) is 95.8 cm³/mol. The van der Waals surface area contributed by atoms with Crippen LogP contribution in [-0.2, 0) is 4.79 Å². The number of nitrogens with one attached hydrogen (secondary N) is 1. The predicted octanol–water partition coefficient (Wildman–Crippen LogP) is 3.93. The Morgan fingerprint density at radius 1 is 1.25 bits per heavy atom. The number of amides is 1. The number of aromatic nitrogens is 3. The van der Waals surface area contributed by atoms with Crippen LogP contribution >= 0.6 is 27.7 Å². The molecule has 3 aromatic rings. The Kier molecular flexibility index (Phi) is 5.27. The fourth-order valence-electron chi connectivity index (χ4n) is 1.96. The van der Waals surface area contributed by atoms with E-state index < -0.39 is 0 Å². The van der Waals surface area contributed by atoms with E-state index in [0.717, 1.165) is 21.3 Å². The monoisotopic (exact) mass is 404 g/mol. The van der Waals surface area contributed by atoms with Crippen molar-refractivity contribution in [3.63, 3.8) is 0 Å². The Balaban J connectivity index is 1.58. The van der Waals surface area contributed by atoms with Crippen LogP contribution in [0, 0.1) is 6.92 Å². The lowest BCUT2D eigenvalue weighted by molar-refractivity contribution is -0.113. The first-order valence-electron chi connectivity index (χ1n) is 7.04. The van der Waals surface area contributed by atoms with Gasteiger partial charge in [-0.1, -0.05) is 27.7 Å². The molecule has 0 spiro atoms. The lowest BCUT2D eigenvalue weighted by Gasteiger charge is -2.07. The number of hydrogen-bond acceptors (Lipinski definition) is 6. The highest BCUT2D eigenvalue weighted by Crippen LogP contribution is 2.23. The van der Waals surface area contributed by atoms with Crippen LogP contribution < -0.4 is 5.32 Å². The zero-order valence-electron chi connectivity index (χ0n) is 12.7. The molecule has 0 aliphatic heterocycles. The van der Waals surface area contributed by atoms with Gasteiger partial charge in [-0.05, 0) is 42.8 Å². The van der Waals surface area contributed by atoms with Gasteiger partial charge in [0.15, 0.2) is 0 Å². The minimum atomic E-state index is -0.130. The van der Waals surface area contributed by atoms with Gasteiger partial charge in [-0.2, -0.15) is 0 Å². The summed E-state index contributed by atoms with van der Waals surface area (Å²) in [6, 6.07) is 9.25. The molecule has 0 radical (unpaired) electrons. The number of rotatable bonds is 5. The van der Waals surface area contributed by atoms with Gasteiger partial charge in [0.2, 0.25) is 11.8 Å². The number of hydrogen-bond donors (Lipinski definition) is 1. The van der Waals surface area contributed by atoms with Crippen LogP contribution in [0.25, 0.3) is 11.5 Å². The molecule has 2 heterocycles. The fourth-order valence-corrected chi connectivity index (χ4v) is 3.00. The zero-order chi connectivity index (χ0) is 16.9.